The molecule has 0 bridgehead atoms. The molecule has 0 fully saturated rings. The molecule has 86 valence electrons. The number of hydrogen-bond acceptors (Lipinski definition) is 1. The maximum Gasteiger partial charge on any atom is 0.0724 e. The van der Waals surface area contributed by atoms with E-state index < -0.39 is 0 Å². The second-order valence-electron chi connectivity index (χ2n) is 4.38. The Kier molecular flexibility index (Phi) is 2.00. The Labute approximate surface area is 112 Å². The van der Waals surface area contributed by atoms with E-state index in [1.165, 1.54) is 10.8 Å². The highest BCUT2D eigenvalue weighted by molar-refractivity contribution is 9.10. The van der Waals surface area contributed by atoms with Gasteiger partial charge in [-0.3, -0.25) is 4.98 Å². The van der Waals surface area contributed by atoms with Crippen LogP contribution in [-0.2, 0) is 0 Å². The SMILES string of the molecule is Brc1ccc2ncc3c4ccccc4[nH]c3c2c1. The normalized spacial score (nSPS) is 11.6. The molecule has 1 N–H and O–H groups in total. The van der Waals surface area contributed by atoms with E-state index in [0.29, 0.717) is 0 Å². The Morgan fingerprint density at radius 3 is 2.78 bits per heavy atom. The molecule has 0 saturated carbocycles. The van der Waals surface area contributed by atoms with Gasteiger partial charge in [-0.1, -0.05) is 34.1 Å². The van der Waals surface area contributed by atoms with Gasteiger partial charge in [-0.2, -0.15) is 0 Å². The monoisotopic (exact) mass is 296 g/mol. The van der Waals surface area contributed by atoms with E-state index in [0.717, 1.165) is 26.4 Å². The highest BCUT2D eigenvalue weighted by Gasteiger charge is 2.08. The third-order valence-corrected chi connectivity index (χ3v) is 3.80. The predicted molar refractivity (Wildman–Crippen MR) is 78.8 cm³/mol. The first-order valence-electron chi connectivity index (χ1n) is 5.77. The lowest BCUT2D eigenvalue weighted by Gasteiger charge is -1.99. The van der Waals surface area contributed by atoms with Crippen LogP contribution in [0.3, 0.4) is 0 Å². The molecule has 4 rings (SSSR count). The van der Waals surface area contributed by atoms with Crippen LogP contribution in [0.2, 0.25) is 0 Å². The number of benzene rings is 2. The van der Waals surface area contributed by atoms with Gasteiger partial charge in [-0.05, 0) is 24.3 Å². The maximum absolute atomic E-state index is 4.53. The Balaban J connectivity index is 2.31. The fourth-order valence-electron chi connectivity index (χ4n) is 2.47. The molecule has 2 nitrogen and oxygen atoms in total. The highest BCUT2D eigenvalue weighted by atomic mass is 79.9. The smallest absolute Gasteiger partial charge is 0.0724 e. The van der Waals surface area contributed by atoms with Crippen LogP contribution in [0.5, 0.6) is 0 Å². The molecule has 0 atom stereocenters. The molecule has 0 aliphatic carbocycles. The quantitative estimate of drug-likeness (QED) is 0.503. The average molecular weight is 297 g/mol. The molecule has 2 aromatic heterocycles. The Bertz CT molecular complexity index is 893. The van der Waals surface area contributed by atoms with E-state index in [9.17, 15) is 0 Å². The van der Waals surface area contributed by atoms with Crippen LogP contribution in [0, 0.1) is 0 Å². The Hall–Kier alpha value is -1.87. The van der Waals surface area contributed by atoms with Crippen LogP contribution in [0.25, 0.3) is 32.7 Å². The van der Waals surface area contributed by atoms with Crippen LogP contribution in [-0.4, -0.2) is 9.97 Å². The molecule has 0 amide bonds. The van der Waals surface area contributed by atoms with E-state index >= 15 is 0 Å². The fourth-order valence-corrected chi connectivity index (χ4v) is 2.83. The summed E-state index contributed by atoms with van der Waals surface area (Å²) in [6, 6.07) is 14.5. The van der Waals surface area contributed by atoms with Crippen LogP contribution in [0.4, 0.5) is 0 Å². The van der Waals surface area contributed by atoms with E-state index in [-0.39, 0.29) is 0 Å². The zero-order valence-electron chi connectivity index (χ0n) is 9.44. The van der Waals surface area contributed by atoms with Gasteiger partial charge in [0, 0.05) is 32.3 Å². The molecule has 2 heterocycles. The van der Waals surface area contributed by atoms with Crippen molar-refractivity contribution < 1.29 is 0 Å². The number of aromatic nitrogens is 2. The third kappa shape index (κ3) is 1.31. The van der Waals surface area contributed by atoms with Gasteiger partial charge in [0.1, 0.15) is 0 Å². The van der Waals surface area contributed by atoms with E-state index in [1.807, 2.05) is 24.4 Å². The van der Waals surface area contributed by atoms with Crippen LogP contribution < -0.4 is 0 Å². The van der Waals surface area contributed by atoms with Crippen molar-refractivity contribution in [2.75, 3.05) is 0 Å². The summed E-state index contributed by atoms with van der Waals surface area (Å²) in [6.07, 6.45) is 1.95. The number of pyridine rings is 1. The van der Waals surface area contributed by atoms with Crippen molar-refractivity contribution in [3.8, 4) is 0 Å². The number of fused-ring (bicyclic) bond motifs is 5. The van der Waals surface area contributed by atoms with E-state index in [1.54, 1.807) is 0 Å². The summed E-state index contributed by atoms with van der Waals surface area (Å²) in [6.45, 7) is 0. The molecule has 0 spiro atoms. The summed E-state index contributed by atoms with van der Waals surface area (Å²) < 4.78 is 1.07. The number of aromatic amines is 1. The van der Waals surface area contributed by atoms with Gasteiger partial charge in [0.05, 0.1) is 11.0 Å². The minimum absolute atomic E-state index is 1.01. The summed E-state index contributed by atoms with van der Waals surface area (Å²) in [5, 5.41) is 3.55. The van der Waals surface area contributed by atoms with Crippen molar-refractivity contribution in [1.29, 1.82) is 0 Å². The molecule has 0 radical (unpaired) electrons. The Morgan fingerprint density at radius 1 is 0.944 bits per heavy atom. The molecular weight excluding hydrogens is 288 g/mol. The first-order valence-corrected chi connectivity index (χ1v) is 6.57. The van der Waals surface area contributed by atoms with Crippen molar-refractivity contribution in [3.63, 3.8) is 0 Å². The van der Waals surface area contributed by atoms with Crippen LogP contribution in [0.1, 0.15) is 0 Å². The molecule has 2 aromatic carbocycles. The average Bonchev–Trinajstić information content (AvgIpc) is 2.78. The number of hydrogen-bond donors (Lipinski definition) is 1. The second kappa shape index (κ2) is 3.56. The molecule has 0 saturated heterocycles. The van der Waals surface area contributed by atoms with Gasteiger partial charge in [0.15, 0.2) is 0 Å². The van der Waals surface area contributed by atoms with E-state index in [4.69, 9.17) is 0 Å². The largest absolute Gasteiger partial charge is 0.354 e. The number of para-hydroxylation sites is 1. The standard InChI is InChI=1S/C15H9BrN2/c16-9-5-6-13-11(7-9)15-12(8-17-13)10-3-1-2-4-14(10)18-15/h1-8,18H. The highest BCUT2D eigenvalue weighted by Crippen LogP contribution is 2.30. The summed E-state index contributed by atoms with van der Waals surface area (Å²) in [5.41, 5.74) is 3.32. The van der Waals surface area contributed by atoms with Crippen molar-refractivity contribution in [2.24, 2.45) is 0 Å². The van der Waals surface area contributed by atoms with Crippen molar-refractivity contribution in [3.05, 3.63) is 53.1 Å². The summed E-state index contributed by atoms with van der Waals surface area (Å²) in [4.78, 5) is 8.02. The van der Waals surface area contributed by atoms with Crippen LogP contribution in [0.15, 0.2) is 53.1 Å². The van der Waals surface area contributed by atoms with Gasteiger partial charge < -0.3 is 4.98 Å². The Morgan fingerprint density at radius 2 is 1.83 bits per heavy atom. The molecule has 0 aliphatic heterocycles. The topological polar surface area (TPSA) is 28.7 Å². The number of nitrogens with zero attached hydrogens (tertiary/aromatic N) is 1. The number of rotatable bonds is 0. The van der Waals surface area contributed by atoms with Crippen molar-refractivity contribution in [2.45, 2.75) is 0 Å². The zero-order valence-corrected chi connectivity index (χ0v) is 11.0. The zero-order chi connectivity index (χ0) is 12.1. The lowest BCUT2D eigenvalue weighted by atomic mass is 10.1. The van der Waals surface area contributed by atoms with Gasteiger partial charge in [0.2, 0.25) is 0 Å². The van der Waals surface area contributed by atoms with E-state index in [2.05, 4.69) is 50.2 Å². The molecule has 4 aromatic rings. The van der Waals surface area contributed by atoms with Crippen molar-refractivity contribution >= 4 is 48.6 Å². The number of nitrogens with one attached hydrogen (secondary N) is 1. The maximum atomic E-state index is 4.53. The summed E-state index contributed by atoms with van der Waals surface area (Å²) in [5.74, 6) is 0. The lowest BCUT2D eigenvalue weighted by Crippen LogP contribution is -1.80. The van der Waals surface area contributed by atoms with Crippen molar-refractivity contribution in [1.82, 2.24) is 9.97 Å². The molecule has 18 heavy (non-hydrogen) atoms. The van der Waals surface area contributed by atoms with Gasteiger partial charge in [0.25, 0.3) is 0 Å². The molecule has 0 unspecified atom stereocenters. The molecule has 3 heteroatoms. The number of H-pyrrole nitrogens is 1. The predicted octanol–water partition coefficient (Wildman–Crippen LogP) is 4.63. The lowest BCUT2D eigenvalue weighted by molar-refractivity contribution is 1.44. The van der Waals surface area contributed by atoms with Gasteiger partial charge >= 0.3 is 0 Å². The van der Waals surface area contributed by atoms with Gasteiger partial charge in [-0.25, -0.2) is 0 Å². The fraction of sp³-hybridized carbons (Fsp3) is 0. The summed E-state index contributed by atoms with van der Waals surface area (Å²) >= 11 is 3.52. The minimum atomic E-state index is 1.01. The second-order valence-corrected chi connectivity index (χ2v) is 5.29. The van der Waals surface area contributed by atoms with Gasteiger partial charge in [-0.15, -0.1) is 0 Å². The summed E-state index contributed by atoms with van der Waals surface area (Å²) in [7, 11) is 0. The third-order valence-electron chi connectivity index (χ3n) is 3.31. The molecule has 0 aliphatic rings. The molecular formula is C15H9BrN2. The number of halogens is 1. The first kappa shape index (κ1) is 10.1. The van der Waals surface area contributed by atoms with Crippen LogP contribution >= 0.6 is 15.9 Å². The minimum Gasteiger partial charge on any atom is -0.354 e. The first-order chi connectivity index (χ1) is 8.83.